The van der Waals surface area contributed by atoms with Crippen molar-refractivity contribution < 1.29 is 8.78 Å². The van der Waals surface area contributed by atoms with Crippen molar-refractivity contribution in [2.24, 2.45) is 0 Å². The van der Waals surface area contributed by atoms with Crippen LogP contribution in [0, 0.1) is 0 Å². The second-order valence-electron chi connectivity index (χ2n) is 3.08. The summed E-state index contributed by atoms with van der Waals surface area (Å²) >= 11 is 0. The third-order valence-corrected chi connectivity index (χ3v) is 2.10. The van der Waals surface area contributed by atoms with Crippen molar-refractivity contribution in [1.82, 2.24) is 4.90 Å². The Morgan fingerprint density at radius 3 is 2.91 bits per heavy atom. The van der Waals surface area contributed by atoms with Crippen LogP contribution in [0.25, 0.3) is 0 Å². The number of nitrogens with zero attached hydrogens (tertiary/aromatic N) is 1. The number of likely N-dealkylation sites (tertiary alicyclic amines) is 1. The van der Waals surface area contributed by atoms with E-state index in [-0.39, 0.29) is 6.67 Å². The van der Waals surface area contributed by atoms with E-state index in [4.69, 9.17) is 0 Å². The average molecular weight is 163 g/mol. The van der Waals surface area contributed by atoms with E-state index in [0.29, 0.717) is 19.5 Å². The molecule has 0 aromatic heterocycles. The highest BCUT2D eigenvalue weighted by atomic mass is 19.1. The summed E-state index contributed by atoms with van der Waals surface area (Å²) in [5, 5.41) is 0. The summed E-state index contributed by atoms with van der Waals surface area (Å²) < 4.78 is 24.7. The van der Waals surface area contributed by atoms with E-state index >= 15 is 0 Å². The van der Waals surface area contributed by atoms with Gasteiger partial charge in [0.15, 0.2) is 0 Å². The minimum absolute atomic E-state index is 0.354. The molecule has 11 heavy (non-hydrogen) atoms. The fourth-order valence-corrected chi connectivity index (χ4v) is 1.49. The Balaban J connectivity index is 2.27. The van der Waals surface area contributed by atoms with Crippen molar-refractivity contribution in [3.8, 4) is 0 Å². The van der Waals surface area contributed by atoms with E-state index in [2.05, 4.69) is 0 Å². The maximum absolute atomic E-state index is 12.9. The molecule has 1 nitrogen and oxygen atoms in total. The van der Waals surface area contributed by atoms with Gasteiger partial charge in [-0.2, -0.15) is 0 Å². The molecular formula is C8H15F2N. The molecule has 66 valence electrons. The standard InChI is InChI=1S/C8H15F2N/c9-4-6-11-5-2-1-3-8(10)7-11/h8H,1-7H2. The number of halogens is 2. The fourth-order valence-electron chi connectivity index (χ4n) is 1.49. The summed E-state index contributed by atoms with van der Waals surface area (Å²) in [5.74, 6) is 0. The van der Waals surface area contributed by atoms with E-state index in [0.717, 1.165) is 19.4 Å². The molecule has 0 N–H and O–H groups in total. The molecule has 1 heterocycles. The molecule has 1 aliphatic heterocycles. The lowest BCUT2D eigenvalue weighted by Gasteiger charge is -2.18. The van der Waals surface area contributed by atoms with Crippen molar-refractivity contribution in [2.75, 3.05) is 26.3 Å². The highest BCUT2D eigenvalue weighted by Crippen LogP contribution is 2.12. The topological polar surface area (TPSA) is 3.24 Å². The zero-order chi connectivity index (χ0) is 8.10. The van der Waals surface area contributed by atoms with Crippen molar-refractivity contribution in [1.29, 1.82) is 0 Å². The maximum atomic E-state index is 12.9. The van der Waals surface area contributed by atoms with Crippen LogP contribution in [0.4, 0.5) is 8.78 Å². The average Bonchev–Trinajstić information content (AvgIpc) is 2.15. The van der Waals surface area contributed by atoms with Crippen LogP contribution in [0.3, 0.4) is 0 Å². The first kappa shape index (κ1) is 8.91. The molecule has 0 aliphatic carbocycles. The molecule has 3 heteroatoms. The number of hydrogen-bond acceptors (Lipinski definition) is 1. The van der Waals surface area contributed by atoms with Crippen molar-refractivity contribution in [3.05, 3.63) is 0 Å². The Kier molecular flexibility index (Phi) is 3.77. The molecule has 0 spiro atoms. The van der Waals surface area contributed by atoms with Gasteiger partial charge in [0.05, 0.1) is 0 Å². The van der Waals surface area contributed by atoms with Crippen molar-refractivity contribution in [2.45, 2.75) is 25.4 Å². The van der Waals surface area contributed by atoms with Gasteiger partial charge in [-0.3, -0.25) is 4.90 Å². The lowest BCUT2D eigenvalue weighted by Crippen LogP contribution is -2.30. The molecule has 0 bridgehead atoms. The van der Waals surface area contributed by atoms with E-state index in [9.17, 15) is 8.78 Å². The van der Waals surface area contributed by atoms with Crippen LogP contribution in [0.15, 0.2) is 0 Å². The smallest absolute Gasteiger partial charge is 0.113 e. The Bertz CT molecular complexity index is 108. The van der Waals surface area contributed by atoms with Gasteiger partial charge in [-0.05, 0) is 25.8 Å². The quantitative estimate of drug-likeness (QED) is 0.599. The first-order valence-electron chi connectivity index (χ1n) is 4.25. The van der Waals surface area contributed by atoms with Gasteiger partial charge in [-0.15, -0.1) is 0 Å². The largest absolute Gasteiger partial charge is 0.298 e. The third-order valence-electron chi connectivity index (χ3n) is 2.10. The number of alkyl halides is 2. The molecule has 1 unspecified atom stereocenters. The molecule has 0 aromatic rings. The number of rotatable bonds is 2. The van der Waals surface area contributed by atoms with Crippen molar-refractivity contribution in [3.63, 3.8) is 0 Å². The van der Waals surface area contributed by atoms with Gasteiger partial charge < -0.3 is 0 Å². The van der Waals surface area contributed by atoms with Gasteiger partial charge in [0.2, 0.25) is 0 Å². The summed E-state index contributed by atoms with van der Waals surface area (Å²) in [6, 6.07) is 0. The second-order valence-corrected chi connectivity index (χ2v) is 3.08. The Morgan fingerprint density at radius 2 is 2.18 bits per heavy atom. The van der Waals surface area contributed by atoms with Crippen LogP contribution in [0.1, 0.15) is 19.3 Å². The SMILES string of the molecule is FCCN1CCCCC(F)C1. The first-order chi connectivity index (χ1) is 5.33. The van der Waals surface area contributed by atoms with Gasteiger partial charge >= 0.3 is 0 Å². The van der Waals surface area contributed by atoms with Crippen LogP contribution < -0.4 is 0 Å². The van der Waals surface area contributed by atoms with Crippen LogP contribution in [0.2, 0.25) is 0 Å². The fraction of sp³-hybridized carbons (Fsp3) is 1.00. The second kappa shape index (κ2) is 4.65. The Labute approximate surface area is 66.4 Å². The Morgan fingerprint density at radius 1 is 1.36 bits per heavy atom. The first-order valence-corrected chi connectivity index (χ1v) is 4.25. The normalized spacial score (nSPS) is 28.4. The Hall–Kier alpha value is -0.180. The van der Waals surface area contributed by atoms with Gasteiger partial charge in [0, 0.05) is 13.1 Å². The van der Waals surface area contributed by atoms with Crippen LogP contribution >= 0.6 is 0 Å². The van der Waals surface area contributed by atoms with E-state index in [1.54, 1.807) is 0 Å². The minimum Gasteiger partial charge on any atom is -0.298 e. The molecule has 0 radical (unpaired) electrons. The van der Waals surface area contributed by atoms with E-state index in [1.165, 1.54) is 0 Å². The lowest BCUT2D eigenvalue weighted by molar-refractivity contribution is 0.195. The summed E-state index contributed by atoms with van der Waals surface area (Å²) in [6.07, 6.45) is 1.89. The summed E-state index contributed by atoms with van der Waals surface area (Å²) in [5.41, 5.74) is 0. The molecular weight excluding hydrogens is 148 g/mol. The molecule has 1 rings (SSSR count). The third kappa shape index (κ3) is 3.14. The zero-order valence-corrected chi connectivity index (χ0v) is 6.73. The predicted molar refractivity (Wildman–Crippen MR) is 41.2 cm³/mol. The number of hydrogen-bond donors (Lipinski definition) is 0. The summed E-state index contributed by atoms with van der Waals surface area (Å²) in [4.78, 5) is 1.87. The van der Waals surface area contributed by atoms with Crippen molar-refractivity contribution >= 4 is 0 Å². The molecule has 1 saturated heterocycles. The molecule has 1 fully saturated rings. The lowest BCUT2D eigenvalue weighted by atomic mass is 10.2. The molecule has 0 amide bonds. The molecule has 1 atom stereocenters. The van der Waals surface area contributed by atoms with Gasteiger partial charge in [0.25, 0.3) is 0 Å². The molecule has 0 saturated carbocycles. The monoisotopic (exact) mass is 163 g/mol. The van der Waals surface area contributed by atoms with Crippen LogP contribution in [-0.2, 0) is 0 Å². The highest BCUT2D eigenvalue weighted by molar-refractivity contribution is 4.69. The van der Waals surface area contributed by atoms with E-state index < -0.39 is 6.17 Å². The highest BCUT2D eigenvalue weighted by Gasteiger charge is 2.16. The van der Waals surface area contributed by atoms with Gasteiger partial charge in [-0.1, -0.05) is 0 Å². The summed E-state index contributed by atoms with van der Waals surface area (Å²) in [6.45, 7) is 1.35. The van der Waals surface area contributed by atoms with E-state index in [1.807, 2.05) is 4.90 Å². The molecule has 1 aliphatic rings. The van der Waals surface area contributed by atoms with Gasteiger partial charge in [0.1, 0.15) is 12.8 Å². The minimum atomic E-state index is -0.732. The molecule has 0 aromatic carbocycles. The van der Waals surface area contributed by atoms with Crippen LogP contribution in [0.5, 0.6) is 0 Å². The summed E-state index contributed by atoms with van der Waals surface area (Å²) in [7, 11) is 0. The predicted octanol–water partition coefficient (Wildman–Crippen LogP) is 1.78. The van der Waals surface area contributed by atoms with Gasteiger partial charge in [-0.25, -0.2) is 8.78 Å². The zero-order valence-electron chi connectivity index (χ0n) is 6.73. The maximum Gasteiger partial charge on any atom is 0.113 e. The van der Waals surface area contributed by atoms with Crippen LogP contribution in [-0.4, -0.2) is 37.4 Å².